The first-order valence-corrected chi connectivity index (χ1v) is 11.2. The van der Waals surface area contributed by atoms with Crippen molar-refractivity contribution in [2.45, 2.75) is 31.1 Å². The summed E-state index contributed by atoms with van der Waals surface area (Å²) in [5, 5.41) is 6.66. The van der Waals surface area contributed by atoms with E-state index in [-0.39, 0.29) is 10.8 Å². The molecule has 156 valence electrons. The second-order valence-corrected chi connectivity index (χ2v) is 9.10. The highest BCUT2D eigenvalue weighted by Crippen LogP contribution is 2.22. The Morgan fingerprint density at radius 3 is 2.47 bits per heavy atom. The summed E-state index contributed by atoms with van der Waals surface area (Å²) in [6.07, 6.45) is 2.15. The Kier molecular flexibility index (Phi) is 5.65. The molecule has 1 amide bonds. The monoisotopic (exact) mass is 426 g/mol. The van der Waals surface area contributed by atoms with Gasteiger partial charge in [-0.2, -0.15) is 9.29 Å². The number of amides is 1. The number of sulfonamides is 1. The zero-order valence-corrected chi connectivity index (χ0v) is 17.4. The average Bonchev–Trinajstić information content (AvgIpc) is 3.42. The van der Waals surface area contributed by atoms with Gasteiger partial charge in [0.1, 0.15) is 0 Å². The Bertz CT molecular complexity index is 1150. The molecule has 1 fully saturated rings. The zero-order valence-electron chi connectivity index (χ0n) is 16.5. The molecule has 0 saturated carbocycles. The van der Waals surface area contributed by atoms with Gasteiger partial charge in [-0.15, -0.1) is 0 Å². The van der Waals surface area contributed by atoms with Crippen LogP contribution < -0.4 is 5.32 Å². The van der Waals surface area contributed by atoms with Crippen molar-refractivity contribution in [3.8, 4) is 0 Å². The van der Waals surface area contributed by atoms with Gasteiger partial charge in [-0.3, -0.25) is 4.79 Å². The maximum Gasteiger partial charge on any atom is 0.255 e. The highest BCUT2D eigenvalue weighted by molar-refractivity contribution is 7.89. The Morgan fingerprint density at radius 1 is 1.10 bits per heavy atom. The highest BCUT2D eigenvalue weighted by atomic mass is 32.2. The molecular weight excluding hydrogens is 404 g/mol. The number of nitrogens with one attached hydrogen (secondary N) is 1. The van der Waals surface area contributed by atoms with Crippen molar-refractivity contribution < 1.29 is 17.7 Å². The third kappa shape index (κ3) is 4.27. The summed E-state index contributed by atoms with van der Waals surface area (Å²) in [5.41, 5.74) is 1.84. The minimum atomic E-state index is -3.50. The van der Waals surface area contributed by atoms with Gasteiger partial charge in [-0.1, -0.05) is 23.4 Å². The van der Waals surface area contributed by atoms with Crippen LogP contribution in [0.4, 0.5) is 5.69 Å². The van der Waals surface area contributed by atoms with Crippen LogP contribution in [0.5, 0.6) is 0 Å². The van der Waals surface area contributed by atoms with Crippen molar-refractivity contribution in [3.05, 3.63) is 71.4 Å². The SMILES string of the molecule is Cc1noc(Cc2ccccc2NC(=O)c2ccc(S(=O)(=O)N3CCCC3)cc2)n1. The second kappa shape index (κ2) is 8.37. The van der Waals surface area contributed by atoms with Gasteiger partial charge >= 0.3 is 0 Å². The van der Waals surface area contributed by atoms with E-state index in [1.54, 1.807) is 13.0 Å². The van der Waals surface area contributed by atoms with E-state index >= 15 is 0 Å². The van der Waals surface area contributed by atoms with Crippen molar-refractivity contribution in [1.82, 2.24) is 14.4 Å². The van der Waals surface area contributed by atoms with Crippen LogP contribution in [0.1, 0.15) is 40.5 Å². The quantitative estimate of drug-likeness (QED) is 0.650. The first kappa shape index (κ1) is 20.2. The summed E-state index contributed by atoms with van der Waals surface area (Å²) in [6, 6.07) is 13.4. The maximum absolute atomic E-state index is 12.7. The van der Waals surface area contributed by atoms with E-state index in [1.807, 2.05) is 18.2 Å². The second-order valence-electron chi connectivity index (χ2n) is 7.16. The van der Waals surface area contributed by atoms with Gasteiger partial charge in [-0.25, -0.2) is 8.42 Å². The first-order valence-electron chi connectivity index (χ1n) is 9.72. The van der Waals surface area contributed by atoms with E-state index in [4.69, 9.17) is 4.52 Å². The molecule has 0 unspecified atom stereocenters. The molecule has 1 aliphatic rings. The predicted molar refractivity (Wildman–Crippen MR) is 111 cm³/mol. The van der Waals surface area contributed by atoms with E-state index in [0.717, 1.165) is 18.4 Å². The van der Waals surface area contributed by atoms with E-state index in [1.165, 1.54) is 28.6 Å². The molecule has 0 spiro atoms. The number of anilines is 1. The highest BCUT2D eigenvalue weighted by Gasteiger charge is 2.27. The molecule has 0 bridgehead atoms. The molecule has 0 aliphatic carbocycles. The molecule has 2 heterocycles. The molecule has 30 heavy (non-hydrogen) atoms. The Labute approximate surface area is 175 Å². The van der Waals surface area contributed by atoms with Crippen LogP contribution >= 0.6 is 0 Å². The lowest BCUT2D eigenvalue weighted by Crippen LogP contribution is -2.27. The van der Waals surface area contributed by atoms with E-state index in [0.29, 0.717) is 42.5 Å². The fourth-order valence-electron chi connectivity index (χ4n) is 3.42. The topological polar surface area (TPSA) is 105 Å². The summed E-state index contributed by atoms with van der Waals surface area (Å²) in [5.74, 6) is 0.690. The third-order valence-electron chi connectivity index (χ3n) is 5.00. The molecule has 1 aromatic heterocycles. The summed E-state index contributed by atoms with van der Waals surface area (Å²) < 4.78 is 31.9. The number of benzene rings is 2. The van der Waals surface area contributed by atoms with Crippen molar-refractivity contribution in [2.75, 3.05) is 18.4 Å². The van der Waals surface area contributed by atoms with Gasteiger partial charge < -0.3 is 9.84 Å². The fourth-order valence-corrected chi connectivity index (χ4v) is 4.94. The smallest absolute Gasteiger partial charge is 0.255 e. The predicted octanol–water partition coefficient (Wildman–Crippen LogP) is 3.01. The van der Waals surface area contributed by atoms with Gasteiger partial charge in [0.2, 0.25) is 15.9 Å². The number of hydrogen-bond donors (Lipinski definition) is 1. The molecule has 2 aromatic carbocycles. The van der Waals surface area contributed by atoms with Gasteiger partial charge in [0.15, 0.2) is 5.82 Å². The number of rotatable bonds is 6. The number of hydrogen-bond acceptors (Lipinski definition) is 6. The van der Waals surface area contributed by atoms with E-state index in [9.17, 15) is 13.2 Å². The Morgan fingerprint density at radius 2 is 1.80 bits per heavy atom. The lowest BCUT2D eigenvalue weighted by Gasteiger charge is -2.15. The lowest BCUT2D eigenvalue weighted by molar-refractivity contribution is 0.102. The van der Waals surface area contributed by atoms with Gasteiger partial charge in [0.25, 0.3) is 5.91 Å². The van der Waals surface area contributed by atoms with Crippen LogP contribution in [-0.4, -0.2) is 41.9 Å². The number of para-hydroxylation sites is 1. The number of aromatic nitrogens is 2. The van der Waals surface area contributed by atoms with E-state index in [2.05, 4.69) is 15.5 Å². The summed E-state index contributed by atoms with van der Waals surface area (Å²) in [4.78, 5) is 17.1. The summed E-state index contributed by atoms with van der Waals surface area (Å²) >= 11 is 0. The van der Waals surface area contributed by atoms with Crippen molar-refractivity contribution >= 4 is 21.6 Å². The number of carbonyl (C=O) groups excluding carboxylic acids is 1. The molecule has 0 atom stereocenters. The molecule has 8 nitrogen and oxygen atoms in total. The lowest BCUT2D eigenvalue weighted by atomic mass is 10.1. The molecule has 3 aromatic rings. The maximum atomic E-state index is 12.7. The molecule has 4 rings (SSSR count). The van der Waals surface area contributed by atoms with Crippen LogP contribution in [0, 0.1) is 6.92 Å². The van der Waals surface area contributed by atoms with Crippen molar-refractivity contribution in [1.29, 1.82) is 0 Å². The largest absolute Gasteiger partial charge is 0.339 e. The molecule has 9 heteroatoms. The van der Waals surface area contributed by atoms with Crippen molar-refractivity contribution in [3.63, 3.8) is 0 Å². The Hall–Kier alpha value is -3.04. The normalized spacial score (nSPS) is 14.7. The summed E-state index contributed by atoms with van der Waals surface area (Å²) in [7, 11) is -3.50. The fraction of sp³-hybridized carbons (Fsp3) is 0.286. The molecular formula is C21H22N4O4S. The van der Waals surface area contributed by atoms with Crippen LogP contribution in [0.3, 0.4) is 0 Å². The summed E-state index contributed by atoms with van der Waals surface area (Å²) in [6.45, 7) is 2.83. The van der Waals surface area contributed by atoms with Gasteiger partial charge in [0.05, 0.1) is 11.3 Å². The number of nitrogens with zero attached hydrogens (tertiary/aromatic N) is 3. The minimum Gasteiger partial charge on any atom is -0.339 e. The van der Waals surface area contributed by atoms with Gasteiger partial charge in [-0.05, 0) is 55.7 Å². The van der Waals surface area contributed by atoms with Crippen LogP contribution in [0.15, 0.2) is 57.9 Å². The third-order valence-corrected chi connectivity index (χ3v) is 6.91. The Balaban J connectivity index is 1.49. The first-order chi connectivity index (χ1) is 14.4. The molecule has 1 N–H and O–H groups in total. The molecule has 0 radical (unpaired) electrons. The zero-order chi connectivity index (χ0) is 21.1. The average molecular weight is 426 g/mol. The van der Waals surface area contributed by atoms with Crippen molar-refractivity contribution in [2.24, 2.45) is 0 Å². The number of carbonyl (C=O) groups is 1. The number of aryl methyl sites for hydroxylation is 1. The van der Waals surface area contributed by atoms with Crippen LogP contribution in [0.2, 0.25) is 0 Å². The van der Waals surface area contributed by atoms with Crippen LogP contribution in [-0.2, 0) is 16.4 Å². The van der Waals surface area contributed by atoms with Crippen LogP contribution in [0.25, 0.3) is 0 Å². The molecule has 1 saturated heterocycles. The minimum absolute atomic E-state index is 0.202. The van der Waals surface area contributed by atoms with Gasteiger partial charge in [0, 0.05) is 24.3 Å². The molecule has 1 aliphatic heterocycles. The standard InChI is InChI=1S/C21H22N4O4S/c1-15-22-20(29-24-15)14-17-6-2-3-7-19(17)23-21(26)16-8-10-18(11-9-16)30(27,28)25-12-4-5-13-25/h2-3,6-11H,4-5,12-14H2,1H3,(H,23,26). The van der Waals surface area contributed by atoms with E-state index < -0.39 is 10.0 Å².